The second-order valence-electron chi connectivity index (χ2n) is 3.18. The number of aliphatic hydroxyl groups excluding tert-OH is 1. The molecular weight excluding hydrogens is 303 g/mol. The topological polar surface area (TPSA) is 29.5 Å². The van der Waals surface area contributed by atoms with Gasteiger partial charge in [0, 0.05) is 17.0 Å². The molecule has 0 bridgehead atoms. The summed E-state index contributed by atoms with van der Waals surface area (Å²) >= 11 is 15.1. The van der Waals surface area contributed by atoms with E-state index in [1.165, 1.54) is 0 Å². The van der Waals surface area contributed by atoms with Crippen molar-refractivity contribution < 1.29 is 9.84 Å². The zero-order valence-electron chi connectivity index (χ0n) is 8.14. The Morgan fingerprint density at radius 2 is 2.07 bits per heavy atom. The maximum absolute atomic E-state index is 9.05. The summed E-state index contributed by atoms with van der Waals surface area (Å²) in [5, 5.41) is 10.1. The molecule has 0 aliphatic carbocycles. The summed E-state index contributed by atoms with van der Waals surface area (Å²) in [6.45, 7) is 2.12. The Morgan fingerprint density at radius 1 is 1.40 bits per heavy atom. The molecule has 0 radical (unpaired) electrons. The summed E-state index contributed by atoms with van der Waals surface area (Å²) in [5.74, 6) is 0.533. The second-order valence-corrected chi connectivity index (χ2v) is 4.85. The molecule has 0 aromatic heterocycles. The predicted molar refractivity (Wildman–Crippen MR) is 66.0 cm³/mol. The van der Waals surface area contributed by atoms with E-state index < -0.39 is 0 Å². The van der Waals surface area contributed by atoms with Crippen LogP contribution in [0.2, 0.25) is 10.0 Å². The molecule has 1 unspecified atom stereocenters. The van der Waals surface area contributed by atoms with Gasteiger partial charge in [0.25, 0.3) is 0 Å². The fourth-order valence-corrected chi connectivity index (χ4v) is 1.80. The molecule has 0 heterocycles. The van der Waals surface area contributed by atoms with E-state index in [0.717, 1.165) is 4.47 Å². The maximum atomic E-state index is 9.05. The van der Waals surface area contributed by atoms with Gasteiger partial charge in [0.05, 0.1) is 22.8 Å². The standard InChI is InChI=1S/C10H11BrCl2O2/c1-6(14)2-3-15-10-5-8(12)7(11)4-9(10)13/h4-6,14H,2-3H2,1H3. The van der Waals surface area contributed by atoms with Gasteiger partial charge in [-0.2, -0.15) is 0 Å². The zero-order valence-corrected chi connectivity index (χ0v) is 11.2. The molecule has 1 rings (SSSR count). The minimum Gasteiger partial charge on any atom is -0.492 e. The molecule has 5 heteroatoms. The number of ether oxygens (including phenoxy) is 1. The van der Waals surface area contributed by atoms with Gasteiger partial charge in [-0.15, -0.1) is 0 Å². The van der Waals surface area contributed by atoms with Crippen LogP contribution in [-0.4, -0.2) is 17.8 Å². The summed E-state index contributed by atoms with van der Waals surface area (Å²) < 4.78 is 6.12. The Balaban J connectivity index is 2.65. The van der Waals surface area contributed by atoms with E-state index in [0.29, 0.717) is 28.8 Å². The second kappa shape index (κ2) is 5.94. The lowest BCUT2D eigenvalue weighted by atomic mass is 10.3. The first-order chi connectivity index (χ1) is 7.00. The van der Waals surface area contributed by atoms with Gasteiger partial charge in [0.1, 0.15) is 5.75 Å². The van der Waals surface area contributed by atoms with Gasteiger partial charge in [-0.25, -0.2) is 0 Å². The van der Waals surface area contributed by atoms with Crippen LogP contribution >= 0.6 is 39.1 Å². The van der Waals surface area contributed by atoms with E-state index in [1.807, 2.05) is 0 Å². The molecule has 2 nitrogen and oxygen atoms in total. The molecule has 0 spiro atoms. The summed E-state index contributed by atoms with van der Waals surface area (Å²) in [6.07, 6.45) is 0.180. The minimum absolute atomic E-state index is 0.380. The van der Waals surface area contributed by atoms with Crippen LogP contribution in [0.1, 0.15) is 13.3 Å². The van der Waals surface area contributed by atoms with Crippen molar-refractivity contribution in [3.05, 3.63) is 26.7 Å². The van der Waals surface area contributed by atoms with Crippen LogP contribution < -0.4 is 4.74 Å². The molecule has 1 aromatic carbocycles. The Labute approximate surface area is 107 Å². The van der Waals surface area contributed by atoms with Gasteiger partial charge in [0.15, 0.2) is 0 Å². The van der Waals surface area contributed by atoms with Gasteiger partial charge in [-0.1, -0.05) is 23.2 Å². The molecule has 0 aliphatic heterocycles. The number of hydrogen-bond donors (Lipinski definition) is 1. The van der Waals surface area contributed by atoms with Crippen molar-refractivity contribution >= 4 is 39.1 Å². The Bertz CT molecular complexity index is 342. The van der Waals surface area contributed by atoms with Crippen molar-refractivity contribution in [3.63, 3.8) is 0 Å². The van der Waals surface area contributed by atoms with Gasteiger partial charge in [-0.05, 0) is 28.9 Å². The maximum Gasteiger partial charge on any atom is 0.139 e. The first-order valence-electron chi connectivity index (χ1n) is 4.46. The number of aliphatic hydroxyl groups is 1. The van der Waals surface area contributed by atoms with Crippen LogP contribution in [0.4, 0.5) is 0 Å². The van der Waals surface area contributed by atoms with Crippen LogP contribution in [-0.2, 0) is 0 Å². The van der Waals surface area contributed by atoms with Crippen molar-refractivity contribution in [2.24, 2.45) is 0 Å². The highest BCUT2D eigenvalue weighted by Crippen LogP contribution is 2.34. The average molecular weight is 314 g/mol. The van der Waals surface area contributed by atoms with Crippen molar-refractivity contribution in [3.8, 4) is 5.75 Å². The zero-order chi connectivity index (χ0) is 11.4. The summed E-state index contributed by atoms with van der Waals surface area (Å²) in [6, 6.07) is 3.33. The first-order valence-corrected chi connectivity index (χ1v) is 6.01. The molecule has 0 amide bonds. The SMILES string of the molecule is CC(O)CCOc1cc(Cl)c(Br)cc1Cl. The van der Waals surface area contributed by atoms with Crippen LogP contribution in [0.25, 0.3) is 0 Å². The van der Waals surface area contributed by atoms with E-state index in [1.54, 1.807) is 19.1 Å². The fraction of sp³-hybridized carbons (Fsp3) is 0.400. The van der Waals surface area contributed by atoms with Gasteiger partial charge < -0.3 is 9.84 Å². The normalized spacial score (nSPS) is 12.6. The molecular formula is C10H11BrCl2O2. The number of hydrogen-bond acceptors (Lipinski definition) is 2. The Morgan fingerprint density at radius 3 is 2.67 bits per heavy atom. The van der Waals surface area contributed by atoms with E-state index >= 15 is 0 Å². The lowest BCUT2D eigenvalue weighted by Crippen LogP contribution is -2.07. The highest BCUT2D eigenvalue weighted by Gasteiger charge is 2.07. The third-order valence-electron chi connectivity index (χ3n) is 1.77. The van der Waals surface area contributed by atoms with E-state index in [-0.39, 0.29) is 6.10 Å². The quantitative estimate of drug-likeness (QED) is 0.854. The molecule has 0 fully saturated rings. The van der Waals surface area contributed by atoms with Gasteiger partial charge >= 0.3 is 0 Å². The van der Waals surface area contributed by atoms with Crippen LogP contribution in [0.5, 0.6) is 5.75 Å². The summed E-state index contributed by atoms with van der Waals surface area (Å²) in [7, 11) is 0. The van der Waals surface area contributed by atoms with Crippen molar-refractivity contribution in [1.29, 1.82) is 0 Å². The summed E-state index contributed by atoms with van der Waals surface area (Å²) in [5.41, 5.74) is 0. The number of rotatable bonds is 4. The molecule has 0 saturated heterocycles. The van der Waals surface area contributed by atoms with Crippen molar-refractivity contribution in [2.75, 3.05) is 6.61 Å². The lowest BCUT2D eigenvalue weighted by Gasteiger charge is -2.10. The molecule has 0 saturated carbocycles. The molecule has 1 N–H and O–H groups in total. The van der Waals surface area contributed by atoms with Crippen molar-refractivity contribution in [2.45, 2.75) is 19.4 Å². The Kier molecular flexibility index (Phi) is 5.19. The van der Waals surface area contributed by atoms with E-state index in [4.69, 9.17) is 33.0 Å². The van der Waals surface area contributed by atoms with Crippen LogP contribution in [0.15, 0.2) is 16.6 Å². The highest BCUT2D eigenvalue weighted by atomic mass is 79.9. The first kappa shape index (κ1) is 13.1. The molecule has 84 valence electrons. The average Bonchev–Trinajstić information content (AvgIpc) is 2.13. The Hall–Kier alpha value is 0.0400. The molecule has 1 atom stereocenters. The summed E-state index contributed by atoms with van der Waals surface area (Å²) in [4.78, 5) is 0. The fourth-order valence-electron chi connectivity index (χ4n) is 0.954. The van der Waals surface area contributed by atoms with Gasteiger partial charge in [0.2, 0.25) is 0 Å². The van der Waals surface area contributed by atoms with E-state index in [9.17, 15) is 0 Å². The molecule has 1 aromatic rings. The smallest absolute Gasteiger partial charge is 0.139 e. The number of benzene rings is 1. The van der Waals surface area contributed by atoms with Crippen LogP contribution in [0.3, 0.4) is 0 Å². The van der Waals surface area contributed by atoms with Crippen LogP contribution in [0, 0.1) is 0 Å². The number of halogens is 3. The molecule has 0 aliphatic rings. The monoisotopic (exact) mass is 312 g/mol. The van der Waals surface area contributed by atoms with E-state index in [2.05, 4.69) is 15.9 Å². The molecule has 15 heavy (non-hydrogen) atoms. The lowest BCUT2D eigenvalue weighted by molar-refractivity contribution is 0.155. The minimum atomic E-state index is -0.380. The largest absolute Gasteiger partial charge is 0.492 e. The third-order valence-corrected chi connectivity index (χ3v) is 3.26. The van der Waals surface area contributed by atoms with Crippen molar-refractivity contribution in [1.82, 2.24) is 0 Å². The predicted octanol–water partition coefficient (Wildman–Crippen LogP) is 3.91. The van der Waals surface area contributed by atoms with Gasteiger partial charge in [-0.3, -0.25) is 0 Å². The third kappa shape index (κ3) is 4.19. The highest BCUT2D eigenvalue weighted by molar-refractivity contribution is 9.10.